The van der Waals surface area contributed by atoms with Crippen LogP contribution in [0.3, 0.4) is 0 Å². The normalized spacial score (nSPS) is 14.3. The number of carboxylic acid groups (broad SMARTS) is 1. The molecule has 1 atom stereocenters. The van der Waals surface area contributed by atoms with Crippen LogP contribution in [0.4, 0.5) is 4.79 Å². The lowest BCUT2D eigenvalue weighted by molar-refractivity contribution is -0.134. The van der Waals surface area contributed by atoms with Gasteiger partial charge in [-0.15, -0.1) is 0 Å². The third-order valence-corrected chi connectivity index (χ3v) is 8.81. The Morgan fingerprint density at radius 3 is 2.37 bits per heavy atom. The highest BCUT2D eigenvalue weighted by molar-refractivity contribution is 6.44. The molecule has 0 bridgehead atoms. The van der Waals surface area contributed by atoms with Gasteiger partial charge in [-0.25, -0.2) is 9.59 Å². The molecule has 49 heavy (non-hydrogen) atoms. The van der Waals surface area contributed by atoms with Gasteiger partial charge in [0, 0.05) is 37.3 Å². The van der Waals surface area contributed by atoms with Crippen LogP contribution >= 0.6 is 23.2 Å². The summed E-state index contributed by atoms with van der Waals surface area (Å²) in [6.45, 7) is 9.96. The molecule has 0 spiro atoms. The highest BCUT2D eigenvalue weighted by Gasteiger charge is 2.29. The molecule has 2 heterocycles. The van der Waals surface area contributed by atoms with Crippen molar-refractivity contribution in [3.8, 4) is 22.8 Å². The third kappa shape index (κ3) is 10.1. The summed E-state index contributed by atoms with van der Waals surface area (Å²) in [5.41, 5.74) is 1.60. The fourth-order valence-corrected chi connectivity index (χ4v) is 6.05. The predicted molar refractivity (Wildman–Crippen MR) is 186 cm³/mol. The third-order valence-electron chi connectivity index (χ3n) is 7.94. The van der Waals surface area contributed by atoms with Crippen LogP contribution in [-0.4, -0.2) is 74.9 Å². The van der Waals surface area contributed by atoms with Crippen molar-refractivity contribution in [1.29, 1.82) is 0 Å². The second-order valence-corrected chi connectivity index (χ2v) is 14.2. The summed E-state index contributed by atoms with van der Waals surface area (Å²) < 4.78 is 12.9. The lowest BCUT2D eigenvalue weighted by atomic mass is 9.92. The summed E-state index contributed by atoms with van der Waals surface area (Å²) in [5.74, 6) is -0.854. The molecule has 2 aromatic carbocycles. The number of alkyl carbamates (subject to hydrolysis) is 1. The number of amides is 3. The second kappa shape index (κ2) is 15.9. The van der Waals surface area contributed by atoms with Crippen molar-refractivity contribution in [2.24, 2.45) is 13.0 Å². The summed E-state index contributed by atoms with van der Waals surface area (Å²) in [4.78, 5) is 51.3. The molecule has 0 saturated carbocycles. The number of likely N-dealkylation sites (tertiary alicyclic amines) is 1. The maximum atomic E-state index is 13.0. The predicted octanol–water partition coefficient (Wildman–Crippen LogP) is 6.65. The average molecular weight is 717 g/mol. The van der Waals surface area contributed by atoms with E-state index >= 15 is 0 Å². The summed E-state index contributed by atoms with van der Waals surface area (Å²) in [7, 11) is 1.85. The number of aromatic nitrogens is 2. The van der Waals surface area contributed by atoms with Crippen molar-refractivity contribution in [3.05, 3.63) is 63.8 Å². The Morgan fingerprint density at radius 2 is 1.73 bits per heavy atom. The van der Waals surface area contributed by atoms with Gasteiger partial charge in [-0.3, -0.25) is 14.3 Å². The molecule has 12 nitrogen and oxygen atoms in total. The van der Waals surface area contributed by atoms with E-state index in [2.05, 4.69) is 15.7 Å². The first-order valence-corrected chi connectivity index (χ1v) is 16.9. The maximum absolute atomic E-state index is 13.0. The number of aromatic carboxylic acids is 1. The van der Waals surface area contributed by atoms with Crippen molar-refractivity contribution in [1.82, 2.24) is 25.3 Å². The molecule has 4 rings (SSSR count). The molecule has 1 aliphatic rings. The molecule has 0 aliphatic carbocycles. The minimum atomic E-state index is -1.07. The standard InChI is InChI=1S/C35H43Cl2N5O7/c1-20(2)16-26(39-34(47)49-35(3,4)5)32(44)38-19-29(43)42-14-12-21(13-15-42)27-18-25(40-41(27)6)24-10-11-28(31(37)30(24)36)48-23-9-7-8-22(17-23)33(45)46/h7-11,17-18,20-21,26H,12-16,19H2,1-6H3,(H,38,44)(H,39,47)(H,45,46)/t26-/m1/s1. The minimum Gasteiger partial charge on any atom is -0.478 e. The van der Waals surface area contributed by atoms with Crippen molar-refractivity contribution >= 4 is 47.1 Å². The number of benzene rings is 2. The average Bonchev–Trinajstić information content (AvgIpc) is 3.41. The molecule has 0 unspecified atom stereocenters. The molecule has 3 aromatic rings. The van der Waals surface area contributed by atoms with Crippen molar-refractivity contribution in [2.45, 2.75) is 71.4 Å². The van der Waals surface area contributed by atoms with Crippen molar-refractivity contribution in [2.75, 3.05) is 19.6 Å². The Hall–Kier alpha value is -4.29. The largest absolute Gasteiger partial charge is 0.478 e. The number of carboxylic acids is 1. The van der Waals surface area contributed by atoms with E-state index in [0.29, 0.717) is 49.4 Å². The lowest BCUT2D eigenvalue weighted by Gasteiger charge is -2.32. The Kier molecular flexibility index (Phi) is 12.2. The Bertz CT molecular complexity index is 1690. The van der Waals surface area contributed by atoms with Gasteiger partial charge in [0.15, 0.2) is 0 Å². The topological polar surface area (TPSA) is 152 Å². The molecular formula is C35H43Cl2N5O7. The molecule has 1 aromatic heterocycles. The van der Waals surface area contributed by atoms with E-state index in [-0.39, 0.29) is 45.6 Å². The van der Waals surface area contributed by atoms with Gasteiger partial charge >= 0.3 is 12.1 Å². The fourth-order valence-electron chi connectivity index (χ4n) is 5.60. The maximum Gasteiger partial charge on any atom is 0.408 e. The smallest absolute Gasteiger partial charge is 0.408 e. The number of ether oxygens (including phenoxy) is 2. The van der Waals surface area contributed by atoms with E-state index in [9.17, 15) is 24.3 Å². The van der Waals surface area contributed by atoms with E-state index in [1.807, 2.05) is 27.0 Å². The molecule has 1 saturated heterocycles. The zero-order valence-corrected chi connectivity index (χ0v) is 30.0. The van der Waals surface area contributed by atoms with Crippen LogP contribution in [0, 0.1) is 5.92 Å². The van der Waals surface area contributed by atoms with Crippen molar-refractivity contribution < 1.29 is 33.8 Å². The fraction of sp³-hybridized carbons (Fsp3) is 0.457. The number of aryl methyl sites for hydroxylation is 1. The first kappa shape index (κ1) is 37.5. The van der Waals surface area contributed by atoms with Gasteiger partial charge in [-0.1, -0.05) is 43.1 Å². The molecule has 0 radical (unpaired) electrons. The summed E-state index contributed by atoms with van der Waals surface area (Å²) in [5, 5.41) is 19.7. The summed E-state index contributed by atoms with van der Waals surface area (Å²) in [6, 6.07) is 10.6. The Morgan fingerprint density at radius 1 is 1.04 bits per heavy atom. The number of halogens is 2. The summed E-state index contributed by atoms with van der Waals surface area (Å²) in [6.07, 6.45) is 1.12. The number of rotatable bonds is 11. The molecular weight excluding hydrogens is 673 g/mol. The number of nitrogens with one attached hydrogen (secondary N) is 2. The van der Waals surface area contributed by atoms with E-state index < -0.39 is 29.6 Å². The molecule has 3 amide bonds. The van der Waals surface area contributed by atoms with E-state index in [0.717, 1.165) is 5.69 Å². The van der Waals surface area contributed by atoms with Crippen LogP contribution in [0.2, 0.25) is 10.0 Å². The van der Waals surface area contributed by atoms with E-state index in [1.54, 1.807) is 54.6 Å². The van der Waals surface area contributed by atoms with Gasteiger partial charge in [-0.2, -0.15) is 5.10 Å². The number of hydrogen-bond acceptors (Lipinski definition) is 7. The van der Waals surface area contributed by atoms with Crippen LogP contribution in [0.5, 0.6) is 11.5 Å². The van der Waals surface area contributed by atoms with E-state index in [4.69, 9.17) is 32.7 Å². The number of carbonyl (C=O) groups is 4. The molecule has 1 fully saturated rings. The van der Waals surface area contributed by atoms with Gasteiger partial charge in [0.25, 0.3) is 0 Å². The van der Waals surface area contributed by atoms with Gasteiger partial charge in [0.05, 0.1) is 22.8 Å². The van der Waals surface area contributed by atoms with Crippen molar-refractivity contribution in [3.63, 3.8) is 0 Å². The van der Waals surface area contributed by atoms with Gasteiger partial charge in [0.2, 0.25) is 11.8 Å². The van der Waals surface area contributed by atoms with Gasteiger partial charge in [-0.05, 0) is 82.3 Å². The molecule has 1 aliphatic heterocycles. The molecule has 264 valence electrons. The van der Waals surface area contributed by atoms with Crippen LogP contribution in [-0.2, 0) is 21.4 Å². The van der Waals surface area contributed by atoms with Crippen LogP contribution < -0.4 is 15.4 Å². The van der Waals surface area contributed by atoms with Crippen LogP contribution in [0.25, 0.3) is 11.3 Å². The van der Waals surface area contributed by atoms with Crippen LogP contribution in [0.1, 0.15) is 75.9 Å². The highest BCUT2D eigenvalue weighted by atomic mass is 35.5. The van der Waals surface area contributed by atoms with Crippen LogP contribution in [0.15, 0.2) is 42.5 Å². The number of hydrogen-bond donors (Lipinski definition) is 3. The zero-order valence-electron chi connectivity index (χ0n) is 28.5. The quantitative estimate of drug-likeness (QED) is 0.200. The SMILES string of the molecule is CC(C)C[C@@H](NC(=O)OC(C)(C)C)C(=O)NCC(=O)N1CCC(c2cc(-c3ccc(Oc4cccc(C(=O)O)c4)c(Cl)c3Cl)nn2C)CC1. The zero-order chi connectivity index (χ0) is 36.0. The number of nitrogens with zero attached hydrogens (tertiary/aromatic N) is 3. The van der Waals surface area contributed by atoms with Gasteiger partial charge in [0.1, 0.15) is 28.2 Å². The molecule has 14 heteroatoms. The van der Waals surface area contributed by atoms with E-state index in [1.165, 1.54) is 12.1 Å². The highest BCUT2D eigenvalue weighted by Crippen LogP contribution is 2.42. The molecule has 3 N–H and O–H groups in total. The lowest BCUT2D eigenvalue weighted by Crippen LogP contribution is -2.51. The minimum absolute atomic E-state index is 0.0826. The number of carbonyl (C=O) groups excluding carboxylic acids is 3. The second-order valence-electron chi connectivity index (χ2n) is 13.5. The summed E-state index contributed by atoms with van der Waals surface area (Å²) >= 11 is 13.2. The first-order valence-electron chi connectivity index (χ1n) is 16.1. The first-order chi connectivity index (χ1) is 23.0. The van der Waals surface area contributed by atoms with Gasteiger partial charge < -0.3 is 30.1 Å². The monoisotopic (exact) mass is 715 g/mol. The Balaban J connectivity index is 1.34. The number of piperidine rings is 1. The Labute approximate surface area is 296 Å².